The van der Waals surface area contributed by atoms with Gasteiger partial charge in [0.1, 0.15) is 4.88 Å². The van der Waals surface area contributed by atoms with E-state index in [4.69, 9.17) is 5.11 Å². The van der Waals surface area contributed by atoms with E-state index < -0.39 is 5.97 Å². The monoisotopic (exact) mass is 294 g/mol. The van der Waals surface area contributed by atoms with Crippen molar-refractivity contribution in [3.05, 3.63) is 10.6 Å². The maximum atomic E-state index is 11.1. The van der Waals surface area contributed by atoms with Crippen LogP contribution in [0.25, 0.3) is 0 Å². The molecule has 4 nitrogen and oxygen atoms in total. The predicted octanol–water partition coefficient (Wildman–Crippen LogP) is 3.70. The molecular weight excluding hydrogens is 272 g/mol. The lowest BCUT2D eigenvalue weighted by Crippen LogP contribution is -2.41. The molecule has 1 spiro atoms. The summed E-state index contributed by atoms with van der Waals surface area (Å²) in [5.74, 6) is -0.855. The van der Waals surface area contributed by atoms with Gasteiger partial charge in [-0.2, -0.15) is 0 Å². The SMILES string of the molecule is Cc1nc(N2CCC3(CCCCC3)CC2)sc1C(=O)O. The molecule has 5 heteroatoms. The number of hydrogen-bond donors (Lipinski definition) is 1. The van der Waals surface area contributed by atoms with Crippen LogP contribution in [0.1, 0.15) is 60.3 Å². The van der Waals surface area contributed by atoms with Gasteiger partial charge in [-0.15, -0.1) is 0 Å². The van der Waals surface area contributed by atoms with Crippen molar-refractivity contribution in [1.82, 2.24) is 4.98 Å². The summed E-state index contributed by atoms with van der Waals surface area (Å²) in [5.41, 5.74) is 1.23. The molecule has 110 valence electrons. The van der Waals surface area contributed by atoms with Crippen molar-refractivity contribution in [2.75, 3.05) is 18.0 Å². The molecule has 0 radical (unpaired) electrons. The highest BCUT2D eigenvalue weighted by Crippen LogP contribution is 2.45. The van der Waals surface area contributed by atoms with Crippen molar-refractivity contribution in [2.24, 2.45) is 5.41 Å². The van der Waals surface area contributed by atoms with Crippen molar-refractivity contribution in [2.45, 2.75) is 51.9 Å². The first-order valence-electron chi connectivity index (χ1n) is 7.55. The van der Waals surface area contributed by atoms with Crippen molar-refractivity contribution >= 4 is 22.4 Å². The van der Waals surface area contributed by atoms with Crippen LogP contribution < -0.4 is 4.90 Å². The number of aromatic nitrogens is 1. The maximum absolute atomic E-state index is 11.1. The minimum atomic E-state index is -0.855. The van der Waals surface area contributed by atoms with Crippen LogP contribution in [0, 0.1) is 12.3 Å². The third-order valence-electron chi connectivity index (χ3n) is 4.99. The zero-order chi connectivity index (χ0) is 14.2. The second-order valence-electron chi connectivity index (χ2n) is 6.26. The van der Waals surface area contributed by atoms with Crippen molar-refractivity contribution in [1.29, 1.82) is 0 Å². The molecule has 2 heterocycles. The van der Waals surface area contributed by atoms with Gasteiger partial charge in [0.25, 0.3) is 0 Å². The van der Waals surface area contributed by atoms with Crippen molar-refractivity contribution in [3.8, 4) is 0 Å². The van der Waals surface area contributed by atoms with Crippen molar-refractivity contribution < 1.29 is 9.90 Å². The van der Waals surface area contributed by atoms with Gasteiger partial charge in [-0.25, -0.2) is 9.78 Å². The average molecular weight is 294 g/mol. The zero-order valence-electron chi connectivity index (χ0n) is 12.0. The molecule has 0 aromatic carbocycles. The highest BCUT2D eigenvalue weighted by molar-refractivity contribution is 7.17. The van der Waals surface area contributed by atoms with Gasteiger partial charge in [0.15, 0.2) is 5.13 Å². The Labute approximate surface area is 123 Å². The Hall–Kier alpha value is -1.10. The Kier molecular flexibility index (Phi) is 3.71. The molecule has 0 bridgehead atoms. The molecule has 1 saturated carbocycles. The number of carboxylic acids is 1. The first-order valence-corrected chi connectivity index (χ1v) is 8.37. The number of carboxylic acid groups (broad SMARTS) is 1. The van der Waals surface area contributed by atoms with Crippen LogP contribution in [0.5, 0.6) is 0 Å². The minimum absolute atomic E-state index is 0.387. The number of anilines is 1. The number of nitrogens with zero attached hydrogens (tertiary/aromatic N) is 2. The smallest absolute Gasteiger partial charge is 0.347 e. The van der Waals surface area contributed by atoms with E-state index in [2.05, 4.69) is 9.88 Å². The Bertz CT molecular complexity index is 496. The zero-order valence-corrected chi connectivity index (χ0v) is 12.8. The number of hydrogen-bond acceptors (Lipinski definition) is 4. The normalized spacial score (nSPS) is 22.1. The summed E-state index contributed by atoms with van der Waals surface area (Å²) in [6.45, 7) is 3.86. The van der Waals surface area contributed by atoms with Gasteiger partial charge in [0.05, 0.1) is 5.69 Å². The summed E-state index contributed by atoms with van der Waals surface area (Å²) in [6.07, 6.45) is 9.44. The molecule has 0 unspecified atom stereocenters. The van der Waals surface area contributed by atoms with Crippen molar-refractivity contribution in [3.63, 3.8) is 0 Å². The first kappa shape index (κ1) is 13.9. The van der Waals surface area contributed by atoms with Gasteiger partial charge >= 0.3 is 5.97 Å². The number of rotatable bonds is 2. The predicted molar refractivity (Wildman–Crippen MR) is 80.8 cm³/mol. The number of aryl methyl sites for hydroxylation is 1. The van der Waals surface area contributed by atoms with E-state index in [0.717, 1.165) is 18.2 Å². The summed E-state index contributed by atoms with van der Waals surface area (Å²) in [7, 11) is 0. The van der Waals surface area contributed by atoms with E-state index in [1.807, 2.05) is 0 Å². The van der Waals surface area contributed by atoms with Gasteiger partial charge in [0, 0.05) is 13.1 Å². The average Bonchev–Trinajstić information content (AvgIpc) is 2.83. The molecule has 1 aromatic rings. The van der Waals surface area contributed by atoms with Gasteiger partial charge in [-0.3, -0.25) is 0 Å². The van der Waals surface area contributed by atoms with Crippen LogP contribution in [-0.2, 0) is 0 Å². The maximum Gasteiger partial charge on any atom is 0.347 e. The third kappa shape index (κ3) is 2.55. The summed E-state index contributed by atoms with van der Waals surface area (Å²) < 4.78 is 0. The van der Waals surface area contributed by atoms with Gasteiger partial charge < -0.3 is 10.0 Å². The molecule has 2 fully saturated rings. The Balaban J connectivity index is 1.68. The topological polar surface area (TPSA) is 53.4 Å². The summed E-state index contributed by atoms with van der Waals surface area (Å²) in [4.78, 5) is 18.2. The first-order chi connectivity index (χ1) is 9.60. The van der Waals surface area contributed by atoms with Crippen LogP contribution in [0.3, 0.4) is 0 Å². The quantitative estimate of drug-likeness (QED) is 0.903. The minimum Gasteiger partial charge on any atom is -0.477 e. The summed E-state index contributed by atoms with van der Waals surface area (Å²) in [5, 5.41) is 10.0. The van der Waals surface area contributed by atoms with E-state index >= 15 is 0 Å². The van der Waals surface area contributed by atoms with Crippen LogP contribution in [0.4, 0.5) is 5.13 Å². The fourth-order valence-corrected chi connectivity index (χ4v) is 4.65. The Morgan fingerprint density at radius 2 is 1.85 bits per heavy atom. The van der Waals surface area contributed by atoms with Crippen LogP contribution in [0.15, 0.2) is 0 Å². The largest absolute Gasteiger partial charge is 0.477 e. The van der Waals surface area contributed by atoms with Crippen LogP contribution in [-0.4, -0.2) is 29.1 Å². The number of carbonyl (C=O) groups is 1. The molecular formula is C15H22N2O2S. The summed E-state index contributed by atoms with van der Waals surface area (Å²) in [6, 6.07) is 0. The molecule has 1 aliphatic heterocycles. The molecule has 1 N–H and O–H groups in total. The van der Waals surface area contributed by atoms with Gasteiger partial charge in [0.2, 0.25) is 0 Å². The molecule has 1 aliphatic carbocycles. The molecule has 3 rings (SSSR count). The second kappa shape index (κ2) is 5.35. The van der Waals surface area contributed by atoms with E-state index in [1.165, 1.54) is 56.3 Å². The molecule has 1 aromatic heterocycles. The fourth-order valence-electron chi connectivity index (χ4n) is 3.69. The molecule has 1 saturated heterocycles. The highest BCUT2D eigenvalue weighted by atomic mass is 32.1. The number of aromatic carboxylic acids is 1. The summed E-state index contributed by atoms with van der Waals surface area (Å²) >= 11 is 1.32. The molecule has 2 aliphatic rings. The fraction of sp³-hybridized carbons (Fsp3) is 0.733. The van der Waals surface area contributed by atoms with Gasteiger partial charge in [-0.05, 0) is 38.0 Å². The highest BCUT2D eigenvalue weighted by Gasteiger charge is 2.36. The molecule has 0 amide bonds. The van der Waals surface area contributed by atoms with Crippen LogP contribution >= 0.6 is 11.3 Å². The van der Waals surface area contributed by atoms with E-state index in [-0.39, 0.29) is 0 Å². The number of thiazole rings is 1. The van der Waals surface area contributed by atoms with Crippen LogP contribution in [0.2, 0.25) is 0 Å². The lowest BCUT2D eigenvalue weighted by molar-refractivity contribution is 0.0701. The van der Waals surface area contributed by atoms with E-state index in [9.17, 15) is 4.79 Å². The standard InChI is InChI=1S/C15H22N2O2S/c1-11-12(13(18)19)20-14(16-11)17-9-7-15(8-10-17)5-3-2-4-6-15/h2-10H2,1H3,(H,18,19). The molecule has 20 heavy (non-hydrogen) atoms. The molecule has 0 atom stereocenters. The lowest BCUT2D eigenvalue weighted by atomic mass is 9.68. The lowest BCUT2D eigenvalue weighted by Gasteiger charge is -2.44. The van der Waals surface area contributed by atoms with E-state index in [1.54, 1.807) is 6.92 Å². The number of piperidine rings is 1. The second-order valence-corrected chi connectivity index (χ2v) is 7.24. The van der Waals surface area contributed by atoms with Gasteiger partial charge in [-0.1, -0.05) is 30.6 Å². The Morgan fingerprint density at radius 1 is 1.20 bits per heavy atom. The van der Waals surface area contributed by atoms with E-state index in [0.29, 0.717) is 16.0 Å². The Morgan fingerprint density at radius 3 is 2.40 bits per heavy atom. The third-order valence-corrected chi connectivity index (χ3v) is 6.19.